The molecule has 1 aliphatic carbocycles. The van der Waals surface area contributed by atoms with E-state index in [-0.39, 0.29) is 17.9 Å². The summed E-state index contributed by atoms with van der Waals surface area (Å²) in [5, 5.41) is 0. The SMILES string of the molecule is CCOC(=O)CCCC[C@H]1COC2(CCCCC2)O1. The van der Waals surface area contributed by atoms with Gasteiger partial charge in [0, 0.05) is 19.3 Å². The lowest BCUT2D eigenvalue weighted by molar-refractivity contribution is -0.187. The molecule has 0 aromatic heterocycles. The first-order valence-corrected chi connectivity index (χ1v) is 7.71. The Labute approximate surface area is 115 Å². The van der Waals surface area contributed by atoms with E-state index >= 15 is 0 Å². The van der Waals surface area contributed by atoms with Crippen LogP contribution in [0.1, 0.15) is 64.7 Å². The van der Waals surface area contributed by atoms with E-state index in [0.717, 1.165) is 38.7 Å². The van der Waals surface area contributed by atoms with Crippen molar-refractivity contribution in [1.82, 2.24) is 0 Å². The fourth-order valence-electron chi connectivity index (χ4n) is 2.99. The van der Waals surface area contributed by atoms with Crippen LogP contribution in [0.2, 0.25) is 0 Å². The number of hydrogen-bond donors (Lipinski definition) is 0. The quantitative estimate of drug-likeness (QED) is 0.549. The van der Waals surface area contributed by atoms with E-state index in [2.05, 4.69) is 0 Å². The molecule has 0 aromatic rings. The van der Waals surface area contributed by atoms with Crippen LogP contribution < -0.4 is 0 Å². The molecule has 2 aliphatic rings. The van der Waals surface area contributed by atoms with Crippen LogP contribution in [-0.4, -0.2) is 31.1 Å². The van der Waals surface area contributed by atoms with Crippen molar-refractivity contribution in [3.63, 3.8) is 0 Å². The number of rotatable bonds is 6. The van der Waals surface area contributed by atoms with E-state index in [9.17, 15) is 4.79 Å². The molecule has 0 bridgehead atoms. The van der Waals surface area contributed by atoms with Gasteiger partial charge in [0.15, 0.2) is 5.79 Å². The Morgan fingerprint density at radius 3 is 2.79 bits per heavy atom. The lowest BCUT2D eigenvalue weighted by atomic mass is 9.94. The predicted molar refractivity (Wildman–Crippen MR) is 71.7 cm³/mol. The highest BCUT2D eigenvalue weighted by Gasteiger charge is 2.41. The Balaban J connectivity index is 1.59. The van der Waals surface area contributed by atoms with Gasteiger partial charge in [0.2, 0.25) is 0 Å². The first-order valence-electron chi connectivity index (χ1n) is 7.71. The third-order valence-electron chi connectivity index (χ3n) is 3.99. The minimum absolute atomic E-state index is 0.0881. The molecule has 19 heavy (non-hydrogen) atoms. The Kier molecular flexibility index (Phi) is 5.64. The van der Waals surface area contributed by atoms with Crippen LogP contribution in [0, 0.1) is 0 Å². The van der Waals surface area contributed by atoms with E-state index in [0.29, 0.717) is 13.0 Å². The molecule has 0 N–H and O–H groups in total. The normalized spacial score (nSPS) is 25.6. The van der Waals surface area contributed by atoms with Gasteiger partial charge in [0.25, 0.3) is 0 Å². The number of unbranched alkanes of at least 4 members (excludes halogenated alkanes) is 1. The molecular weight excluding hydrogens is 244 g/mol. The van der Waals surface area contributed by atoms with Crippen LogP contribution in [0.25, 0.3) is 0 Å². The van der Waals surface area contributed by atoms with Gasteiger partial charge < -0.3 is 14.2 Å². The van der Waals surface area contributed by atoms with Crippen LogP contribution in [-0.2, 0) is 19.0 Å². The van der Waals surface area contributed by atoms with Gasteiger partial charge in [-0.15, -0.1) is 0 Å². The van der Waals surface area contributed by atoms with Crippen LogP contribution in [0.4, 0.5) is 0 Å². The fraction of sp³-hybridized carbons (Fsp3) is 0.933. The first-order chi connectivity index (χ1) is 9.24. The Hall–Kier alpha value is -0.610. The van der Waals surface area contributed by atoms with Crippen LogP contribution in [0.15, 0.2) is 0 Å². The van der Waals surface area contributed by atoms with Crippen LogP contribution >= 0.6 is 0 Å². The molecule has 1 aliphatic heterocycles. The van der Waals surface area contributed by atoms with E-state index < -0.39 is 0 Å². The second kappa shape index (κ2) is 7.25. The summed E-state index contributed by atoms with van der Waals surface area (Å²) in [6.45, 7) is 3.03. The van der Waals surface area contributed by atoms with Crippen molar-refractivity contribution in [2.75, 3.05) is 13.2 Å². The second-order valence-electron chi connectivity index (χ2n) is 5.57. The van der Waals surface area contributed by atoms with Crippen LogP contribution in [0.3, 0.4) is 0 Å². The molecule has 0 aromatic carbocycles. The van der Waals surface area contributed by atoms with Gasteiger partial charge in [0.1, 0.15) is 0 Å². The molecule has 110 valence electrons. The lowest BCUT2D eigenvalue weighted by Crippen LogP contribution is -2.33. The number of carbonyl (C=O) groups is 1. The third kappa shape index (κ3) is 4.46. The molecule has 1 heterocycles. The highest BCUT2D eigenvalue weighted by atomic mass is 16.7. The van der Waals surface area contributed by atoms with Gasteiger partial charge in [-0.3, -0.25) is 4.79 Å². The molecule has 2 fully saturated rings. The van der Waals surface area contributed by atoms with Crippen molar-refractivity contribution >= 4 is 5.97 Å². The molecule has 4 heteroatoms. The monoisotopic (exact) mass is 270 g/mol. The third-order valence-corrected chi connectivity index (χ3v) is 3.99. The largest absolute Gasteiger partial charge is 0.466 e. The summed E-state index contributed by atoms with van der Waals surface area (Å²) < 4.78 is 16.9. The predicted octanol–water partition coefficient (Wildman–Crippen LogP) is 3.19. The van der Waals surface area contributed by atoms with Crippen molar-refractivity contribution < 1.29 is 19.0 Å². The standard InChI is InChI=1S/C15H26O4/c1-2-17-14(16)9-5-4-8-13-12-18-15(19-13)10-6-3-7-11-15/h13H,2-12H2,1H3/t13-/m0/s1. The highest BCUT2D eigenvalue weighted by Crippen LogP contribution is 2.38. The van der Waals surface area contributed by atoms with Gasteiger partial charge in [0.05, 0.1) is 19.3 Å². The van der Waals surface area contributed by atoms with Gasteiger partial charge >= 0.3 is 5.97 Å². The minimum atomic E-state index is -0.260. The zero-order valence-electron chi connectivity index (χ0n) is 12.0. The summed E-state index contributed by atoms with van der Waals surface area (Å²) in [5.41, 5.74) is 0. The molecule has 1 saturated heterocycles. The van der Waals surface area contributed by atoms with Gasteiger partial charge in [-0.1, -0.05) is 12.8 Å². The van der Waals surface area contributed by atoms with Gasteiger partial charge in [-0.2, -0.15) is 0 Å². The molecule has 0 amide bonds. The molecule has 4 nitrogen and oxygen atoms in total. The number of hydrogen-bond acceptors (Lipinski definition) is 4. The Bertz CT molecular complexity index is 284. The molecule has 1 spiro atoms. The Morgan fingerprint density at radius 2 is 2.05 bits per heavy atom. The molecule has 1 saturated carbocycles. The maximum absolute atomic E-state index is 11.2. The van der Waals surface area contributed by atoms with Crippen molar-refractivity contribution in [2.45, 2.75) is 76.6 Å². The number of carbonyl (C=O) groups excluding carboxylic acids is 1. The maximum atomic E-state index is 11.2. The molecule has 0 radical (unpaired) electrons. The summed E-state index contributed by atoms with van der Waals surface area (Å²) in [7, 11) is 0. The lowest BCUT2D eigenvalue weighted by Gasteiger charge is -2.31. The summed E-state index contributed by atoms with van der Waals surface area (Å²) in [6, 6.07) is 0. The Morgan fingerprint density at radius 1 is 1.26 bits per heavy atom. The molecular formula is C15H26O4. The summed E-state index contributed by atoms with van der Waals surface area (Å²) in [5.74, 6) is -0.348. The summed E-state index contributed by atoms with van der Waals surface area (Å²) >= 11 is 0. The average Bonchev–Trinajstić information content (AvgIpc) is 2.79. The number of ether oxygens (including phenoxy) is 3. The van der Waals surface area contributed by atoms with Crippen molar-refractivity contribution in [3.8, 4) is 0 Å². The topological polar surface area (TPSA) is 44.8 Å². The maximum Gasteiger partial charge on any atom is 0.305 e. The summed E-state index contributed by atoms with van der Waals surface area (Å²) in [6.07, 6.45) is 9.45. The molecule has 0 unspecified atom stereocenters. The van der Waals surface area contributed by atoms with Crippen molar-refractivity contribution in [3.05, 3.63) is 0 Å². The van der Waals surface area contributed by atoms with E-state index in [1.807, 2.05) is 6.92 Å². The van der Waals surface area contributed by atoms with E-state index in [1.54, 1.807) is 0 Å². The highest BCUT2D eigenvalue weighted by molar-refractivity contribution is 5.69. The minimum Gasteiger partial charge on any atom is -0.466 e. The molecule has 1 atom stereocenters. The second-order valence-corrected chi connectivity index (χ2v) is 5.57. The van der Waals surface area contributed by atoms with E-state index in [4.69, 9.17) is 14.2 Å². The molecule has 2 rings (SSSR count). The van der Waals surface area contributed by atoms with Crippen LogP contribution in [0.5, 0.6) is 0 Å². The average molecular weight is 270 g/mol. The zero-order chi connectivity index (χ0) is 13.6. The van der Waals surface area contributed by atoms with Crippen molar-refractivity contribution in [1.29, 1.82) is 0 Å². The number of esters is 1. The van der Waals surface area contributed by atoms with Gasteiger partial charge in [-0.05, 0) is 32.6 Å². The summed E-state index contributed by atoms with van der Waals surface area (Å²) in [4.78, 5) is 11.2. The van der Waals surface area contributed by atoms with Crippen molar-refractivity contribution in [2.24, 2.45) is 0 Å². The van der Waals surface area contributed by atoms with E-state index in [1.165, 1.54) is 19.3 Å². The van der Waals surface area contributed by atoms with Gasteiger partial charge in [-0.25, -0.2) is 0 Å². The fourth-order valence-corrected chi connectivity index (χ4v) is 2.99. The zero-order valence-corrected chi connectivity index (χ0v) is 12.0. The smallest absolute Gasteiger partial charge is 0.305 e. The first kappa shape index (κ1) is 14.8.